The minimum atomic E-state index is -0.733. The quantitative estimate of drug-likeness (QED) is 0.926. The molecule has 0 amide bonds. The molecule has 1 aromatic carbocycles. The Labute approximate surface area is 147 Å². The van der Waals surface area contributed by atoms with E-state index in [9.17, 15) is 9.90 Å². The number of aromatic nitrogens is 2. The van der Waals surface area contributed by atoms with E-state index >= 15 is 0 Å². The van der Waals surface area contributed by atoms with Gasteiger partial charge >= 0.3 is 5.97 Å². The molecule has 6 heteroatoms. The Morgan fingerprint density at radius 2 is 1.60 bits per heavy atom. The Kier molecular flexibility index (Phi) is 3.98. The first-order chi connectivity index (χ1) is 12.1. The Morgan fingerprint density at radius 3 is 2.16 bits per heavy atom. The van der Waals surface area contributed by atoms with Crippen LogP contribution >= 0.6 is 0 Å². The largest absolute Gasteiger partial charge is 0.481 e. The number of piperidine rings is 1. The van der Waals surface area contributed by atoms with Crippen molar-refractivity contribution in [2.75, 3.05) is 36.0 Å². The SMILES string of the molecule is CC1(C(=O)O)CCN(c2nc3ccccc3nc2N2CCCCC2)C1. The van der Waals surface area contributed by atoms with Gasteiger partial charge < -0.3 is 14.9 Å². The standard InChI is InChI=1S/C19H24N4O2/c1-19(18(24)25)9-12-23(13-19)17-16(22-10-5-2-6-11-22)20-14-7-3-4-8-15(14)21-17/h3-4,7-8H,2,5-6,9-13H2,1H3,(H,24,25). The molecule has 0 radical (unpaired) electrons. The maximum Gasteiger partial charge on any atom is 0.311 e. The van der Waals surface area contributed by atoms with Crippen molar-refractivity contribution in [2.45, 2.75) is 32.6 Å². The molecule has 2 aliphatic rings. The highest BCUT2D eigenvalue weighted by molar-refractivity contribution is 5.82. The van der Waals surface area contributed by atoms with Gasteiger partial charge in [0.25, 0.3) is 0 Å². The van der Waals surface area contributed by atoms with Crippen LogP contribution in [-0.2, 0) is 4.79 Å². The molecular formula is C19H24N4O2. The molecule has 2 fully saturated rings. The van der Waals surface area contributed by atoms with Gasteiger partial charge in [0.1, 0.15) is 0 Å². The third kappa shape index (κ3) is 2.90. The van der Waals surface area contributed by atoms with Crippen molar-refractivity contribution in [3.05, 3.63) is 24.3 Å². The number of hydrogen-bond acceptors (Lipinski definition) is 5. The highest BCUT2D eigenvalue weighted by Crippen LogP contribution is 2.37. The fourth-order valence-corrected chi connectivity index (χ4v) is 3.83. The van der Waals surface area contributed by atoms with Gasteiger partial charge in [-0.15, -0.1) is 0 Å². The molecule has 132 valence electrons. The van der Waals surface area contributed by atoms with Crippen LogP contribution in [0.2, 0.25) is 0 Å². The number of fused-ring (bicyclic) bond motifs is 1. The van der Waals surface area contributed by atoms with Crippen molar-refractivity contribution >= 4 is 28.6 Å². The molecule has 3 heterocycles. The molecule has 0 bridgehead atoms. The molecule has 25 heavy (non-hydrogen) atoms. The summed E-state index contributed by atoms with van der Waals surface area (Å²) in [5, 5.41) is 9.55. The average molecular weight is 340 g/mol. The summed E-state index contributed by atoms with van der Waals surface area (Å²) in [4.78, 5) is 25.8. The third-order valence-electron chi connectivity index (χ3n) is 5.48. The lowest BCUT2D eigenvalue weighted by atomic mass is 9.90. The zero-order valence-electron chi connectivity index (χ0n) is 14.6. The molecule has 1 aromatic heterocycles. The summed E-state index contributed by atoms with van der Waals surface area (Å²) in [7, 11) is 0. The lowest BCUT2D eigenvalue weighted by molar-refractivity contribution is -0.146. The van der Waals surface area contributed by atoms with E-state index in [1.807, 2.05) is 31.2 Å². The Hall–Kier alpha value is -2.37. The van der Waals surface area contributed by atoms with Crippen LogP contribution in [0.1, 0.15) is 32.6 Å². The molecule has 0 aliphatic carbocycles. The maximum atomic E-state index is 11.6. The van der Waals surface area contributed by atoms with Crippen molar-refractivity contribution < 1.29 is 9.90 Å². The summed E-state index contributed by atoms with van der Waals surface area (Å²) in [6.45, 7) is 4.99. The van der Waals surface area contributed by atoms with E-state index in [2.05, 4.69) is 9.80 Å². The Bertz CT molecular complexity index is 803. The van der Waals surface area contributed by atoms with Gasteiger partial charge in [-0.1, -0.05) is 12.1 Å². The number of carbonyl (C=O) groups is 1. The molecule has 2 aliphatic heterocycles. The number of carboxylic acids is 1. The number of benzene rings is 1. The predicted octanol–water partition coefficient (Wildman–Crippen LogP) is 2.92. The minimum absolute atomic E-state index is 0.482. The second kappa shape index (κ2) is 6.17. The topological polar surface area (TPSA) is 69.6 Å². The van der Waals surface area contributed by atoms with E-state index in [4.69, 9.17) is 9.97 Å². The van der Waals surface area contributed by atoms with E-state index in [1.54, 1.807) is 0 Å². The van der Waals surface area contributed by atoms with Crippen LogP contribution in [0, 0.1) is 5.41 Å². The smallest absolute Gasteiger partial charge is 0.311 e. The van der Waals surface area contributed by atoms with Crippen LogP contribution in [-0.4, -0.2) is 47.2 Å². The van der Waals surface area contributed by atoms with Crippen molar-refractivity contribution in [3.8, 4) is 0 Å². The van der Waals surface area contributed by atoms with Crippen LogP contribution in [0.15, 0.2) is 24.3 Å². The second-order valence-corrected chi connectivity index (χ2v) is 7.44. The van der Waals surface area contributed by atoms with E-state index < -0.39 is 11.4 Å². The first-order valence-corrected chi connectivity index (χ1v) is 9.07. The summed E-state index contributed by atoms with van der Waals surface area (Å²) in [5.41, 5.74) is 1.04. The Balaban J connectivity index is 1.77. The minimum Gasteiger partial charge on any atom is -0.481 e. The van der Waals surface area contributed by atoms with E-state index in [0.29, 0.717) is 19.5 Å². The van der Waals surface area contributed by atoms with Crippen LogP contribution in [0.25, 0.3) is 11.0 Å². The summed E-state index contributed by atoms with van der Waals surface area (Å²) >= 11 is 0. The molecule has 2 aromatic rings. The lowest BCUT2D eigenvalue weighted by Gasteiger charge is -2.31. The fraction of sp³-hybridized carbons (Fsp3) is 0.526. The average Bonchev–Trinajstić information content (AvgIpc) is 3.05. The van der Waals surface area contributed by atoms with E-state index in [-0.39, 0.29) is 0 Å². The number of para-hydroxylation sites is 2. The normalized spacial score (nSPS) is 24.0. The molecular weight excluding hydrogens is 316 g/mol. The number of hydrogen-bond donors (Lipinski definition) is 1. The van der Waals surface area contributed by atoms with E-state index in [0.717, 1.165) is 35.8 Å². The maximum absolute atomic E-state index is 11.6. The van der Waals surface area contributed by atoms with Gasteiger partial charge in [0, 0.05) is 26.2 Å². The van der Waals surface area contributed by atoms with Gasteiger partial charge in [-0.25, -0.2) is 9.97 Å². The Morgan fingerprint density at radius 1 is 1.00 bits per heavy atom. The summed E-state index contributed by atoms with van der Waals surface area (Å²) in [6.07, 6.45) is 4.23. The van der Waals surface area contributed by atoms with Gasteiger partial charge in [-0.05, 0) is 44.7 Å². The van der Waals surface area contributed by atoms with Gasteiger partial charge in [-0.2, -0.15) is 0 Å². The molecule has 1 N–H and O–H groups in total. The highest BCUT2D eigenvalue weighted by Gasteiger charge is 2.42. The van der Waals surface area contributed by atoms with Crippen LogP contribution in [0.4, 0.5) is 11.6 Å². The van der Waals surface area contributed by atoms with Gasteiger partial charge in [0.05, 0.1) is 16.4 Å². The summed E-state index contributed by atoms with van der Waals surface area (Å²) < 4.78 is 0. The lowest BCUT2D eigenvalue weighted by Crippen LogP contribution is -2.35. The summed E-state index contributed by atoms with van der Waals surface area (Å²) in [6, 6.07) is 7.91. The van der Waals surface area contributed by atoms with Crippen molar-refractivity contribution in [2.24, 2.45) is 5.41 Å². The van der Waals surface area contributed by atoms with Crippen LogP contribution in [0.3, 0.4) is 0 Å². The molecule has 1 unspecified atom stereocenters. The van der Waals surface area contributed by atoms with Gasteiger partial charge in [0.2, 0.25) is 0 Å². The van der Waals surface area contributed by atoms with Crippen LogP contribution in [0.5, 0.6) is 0 Å². The zero-order valence-corrected chi connectivity index (χ0v) is 14.6. The molecule has 4 rings (SSSR count). The first-order valence-electron chi connectivity index (χ1n) is 9.07. The fourth-order valence-electron chi connectivity index (χ4n) is 3.83. The van der Waals surface area contributed by atoms with Gasteiger partial charge in [-0.3, -0.25) is 4.79 Å². The van der Waals surface area contributed by atoms with Crippen molar-refractivity contribution in [3.63, 3.8) is 0 Å². The molecule has 0 spiro atoms. The molecule has 6 nitrogen and oxygen atoms in total. The van der Waals surface area contributed by atoms with Crippen molar-refractivity contribution in [1.29, 1.82) is 0 Å². The van der Waals surface area contributed by atoms with Crippen molar-refractivity contribution in [1.82, 2.24) is 9.97 Å². The number of aliphatic carboxylic acids is 1. The van der Waals surface area contributed by atoms with E-state index in [1.165, 1.54) is 19.3 Å². The number of anilines is 2. The first kappa shape index (κ1) is 16.1. The van der Waals surface area contributed by atoms with Crippen LogP contribution < -0.4 is 9.80 Å². The number of rotatable bonds is 3. The van der Waals surface area contributed by atoms with Gasteiger partial charge in [0.15, 0.2) is 11.6 Å². The third-order valence-corrected chi connectivity index (χ3v) is 5.48. The zero-order chi connectivity index (χ0) is 17.4. The summed E-state index contributed by atoms with van der Waals surface area (Å²) in [5.74, 6) is 1.02. The second-order valence-electron chi connectivity index (χ2n) is 7.44. The molecule has 0 saturated carbocycles. The molecule has 2 saturated heterocycles. The number of carboxylic acid groups (broad SMARTS) is 1. The predicted molar refractivity (Wildman–Crippen MR) is 98.2 cm³/mol. The number of nitrogens with zero attached hydrogens (tertiary/aromatic N) is 4. The monoisotopic (exact) mass is 340 g/mol. The molecule has 1 atom stereocenters. The highest BCUT2D eigenvalue weighted by atomic mass is 16.4.